The number of aryl methyl sites for hydroxylation is 1. The largest absolute Gasteiger partial charge is 0.494 e. The minimum Gasteiger partial charge on any atom is -0.494 e. The second kappa shape index (κ2) is 6.34. The Hall–Kier alpha value is -1.87. The van der Waals surface area contributed by atoms with Gasteiger partial charge in [-0.3, -0.25) is 0 Å². The number of ether oxygens (including phenoxy) is 1. The van der Waals surface area contributed by atoms with Crippen molar-refractivity contribution in [2.45, 2.75) is 18.9 Å². The van der Waals surface area contributed by atoms with Gasteiger partial charge in [-0.25, -0.2) is 4.39 Å². The number of nitrogens with two attached hydrogens (primary N) is 1. The van der Waals surface area contributed by atoms with Crippen LogP contribution >= 0.6 is 0 Å². The first-order valence-corrected chi connectivity index (χ1v) is 6.34. The molecule has 1 unspecified atom stereocenters. The van der Waals surface area contributed by atoms with Crippen molar-refractivity contribution in [3.8, 4) is 5.75 Å². The van der Waals surface area contributed by atoms with E-state index in [1.807, 2.05) is 18.2 Å². The Morgan fingerprint density at radius 1 is 1.11 bits per heavy atom. The molecule has 2 aromatic carbocycles. The molecule has 0 aromatic heterocycles. The Kier molecular flexibility index (Phi) is 4.53. The molecule has 0 amide bonds. The second-order valence-corrected chi connectivity index (χ2v) is 4.49. The van der Waals surface area contributed by atoms with Crippen molar-refractivity contribution in [1.82, 2.24) is 0 Å². The van der Waals surface area contributed by atoms with Crippen molar-refractivity contribution >= 4 is 0 Å². The lowest BCUT2D eigenvalue weighted by atomic mass is 9.99. The van der Waals surface area contributed by atoms with Gasteiger partial charge in [-0.05, 0) is 24.5 Å². The molecule has 0 saturated heterocycles. The molecule has 0 heterocycles. The van der Waals surface area contributed by atoms with Crippen molar-refractivity contribution in [2.75, 3.05) is 7.11 Å². The highest BCUT2D eigenvalue weighted by Crippen LogP contribution is 2.26. The number of hydrogen-bond acceptors (Lipinski definition) is 2. The minimum atomic E-state index is -0.356. The van der Waals surface area contributed by atoms with Gasteiger partial charge in [0, 0.05) is 11.6 Å². The Balaban J connectivity index is 2.06. The van der Waals surface area contributed by atoms with E-state index in [4.69, 9.17) is 10.5 Å². The molecule has 0 fully saturated rings. The summed E-state index contributed by atoms with van der Waals surface area (Å²) in [6.45, 7) is 0. The first-order chi connectivity index (χ1) is 9.22. The third-order valence-corrected chi connectivity index (χ3v) is 3.20. The lowest BCUT2D eigenvalue weighted by Crippen LogP contribution is -2.13. The van der Waals surface area contributed by atoms with Crippen LogP contribution in [0.2, 0.25) is 0 Å². The van der Waals surface area contributed by atoms with Crippen LogP contribution < -0.4 is 10.5 Å². The predicted octanol–water partition coefficient (Wildman–Crippen LogP) is 3.47. The zero-order valence-corrected chi connectivity index (χ0v) is 11.0. The average Bonchev–Trinajstić information content (AvgIpc) is 2.46. The summed E-state index contributed by atoms with van der Waals surface area (Å²) in [5.41, 5.74) is 7.79. The van der Waals surface area contributed by atoms with Crippen LogP contribution in [-0.4, -0.2) is 7.11 Å². The van der Waals surface area contributed by atoms with E-state index in [2.05, 4.69) is 12.1 Å². The van der Waals surface area contributed by atoms with Crippen LogP contribution in [0.25, 0.3) is 0 Å². The molecule has 100 valence electrons. The SMILES string of the molecule is COc1cccc(C(N)CCc2ccccc2)c1F. The molecular weight excluding hydrogens is 241 g/mol. The summed E-state index contributed by atoms with van der Waals surface area (Å²) >= 11 is 0. The van der Waals surface area contributed by atoms with Crippen LogP contribution in [0, 0.1) is 5.82 Å². The zero-order chi connectivity index (χ0) is 13.7. The van der Waals surface area contributed by atoms with Gasteiger partial charge < -0.3 is 10.5 Å². The van der Waals surface area contributed by atoms with E-state index >= 15 is 0 Å². The molecule has 0 saturated carbocycles. The second-order valence-electron chi connectivity index (χ2n) is 4.49. The normalized spacial score (nSPS) is 12.2. The molecule has 0 spiro atoms. The molecule has 0 aliphatic rings. The van der Waals surface area contributed by atoms with E-state index in [0.717, 1.165) is 6.42 Å². The number of benzene rings is 2. The van der Waals surface area contributed by atoms with E-state index in [1.54, 1.807) is 18.2 Å². The molecule has 0 radical (unpaired) electrons. The van der Waals surface area contributed by atoms with Gasteiger partial charge in [-0.15, -0.1) is 0 Å². The molecule has 19 heavy (non-hydrogen) atoms. The standard InChI is InChI=1S/C16H18FNO/c1-19-15-9-5-8-13(16(15)17)14(18)11-10-12-6-3-2-4-7-12/h2-9,14H,10-11,18H2,1H3. The van der Waals surface area contributed by atoms with Gasteiger partial charge in [0.25, 0.3) is 0 Å². The molecule has 0 bridgehead atoms. The highest BCUT2D eigenvalue weighted by atomic mass is 19.1. The summed E-state index contributed by atoms with van der Waals surface area (Å²) in [6.07, 6.45) is 1.53. The molecule has 0 aliphatic carbocycles. The Bertz CT molecular complexity index is 528. The number of halogens is 1. The Labute approximate surface area is 113 Å². The quantitative estimate of drug-likeness (QED) is 0.892. The molecule has 2 aromatic rings. The van der Waals surface area contributed by atoms with Crippen LogP contribution in [0.5, 0.6) is 5.75 Å². The maximum atomic E-state index is 14.0. The zero-order valence-electron chi connectivity index (χ0n) is 11.0. The lowest BCUT2D eigenvalue weighted by molar-refractivity contribution is 0.381. The highest BCUT2D eigenvalue weighted by molar-refractivity contribution is 5.33. The molecular formula is C16H18FNO. The third-order valence-electron chi connectivity index (χ3n) is 3.20. The van der Waals surface area contributed by atoms with Crippen LogP contribution in [0.15, 0.2) is 48.5 Å². The smallest absolute Gasteiger partial charge is 0.169 e. The van der Waals surface area contributed by atoms with Crippen molar-refractivity contribution < 1.29 is 9.13 Å². The fourth-order valence-electron chi connectivity index (χ4n) is 2.09. The van der Waals surface area contributed by atoms with Gasteiger partial charge in [0.1, 0.15) is 0 Å². The molecule has 2 rings (SSSR count). The summed E-state index contributed by atoms with van der Waals surface area (Å²) in [7, 11) is 1.46. The number of methoxy groups -OCH3 is 1. The lowest BCUT2D eigenvalue weighted by Gasteiger charge is -2.14. The molecule has 0 aliphatic heterocycles. The Morgan fingerprint density at radius 2 is 1.84 bits per heavy atom. The van der Waals surface area contributed by atoms with E-state index < -0.39 is 0 Å². The van der Waals surface area contributed by atoms with E-state index in [9.17, 15) is 4.39 Å². The number of hydrogen-bond donors (Lipinski definition) is 1. The molecule has 2 N–H and O–H groups in total. The van der Waals surface area contributed by atoms with Crippen LogP contribution in [0.1, 0.15) is 23.6 Å². The van der Waals surface area contributed by atoms with E-state index in [-0.39, 0.29) is 17.6 Å². The maximum Gasteiger partial charge on any atom is 0.169 e. The summed E-state index contributed by atoms with van der Waals surface area (Å²) < 4.78 is 19.0. The topological polar surface area (TPSA) is 35.2 Å². The van der Waals surface area contributed by atoms with Crippen LogP contribution in [-0.2, 0) is 6.42 Å². The summed E-state index contributed by atoms with van der Waals surface area (Å²) in [4.78, 5) is 0. The summed E-state index contributed by atoms with van der Waals surface area (Å²) in [5.74, 6) is -0.113. The summed E-state index contributed by atoms with van der Waals surface area (Å²) in [6, 6.07) is 14.8. The molecule has 2 nitrogen and oxygen atoms in total. The molecule has 1 atom stereocenters. The van der Waals surface area contributed by atoms with Crippen molar-refractivity contribution in [3.63, 3.8) is 0 Å². The van der Waals surface area contributed by atoms with Gasteiger partial charge in [0.2, 0.25) is 0 Å². The van der Waals surface area contributed by atoms with Gasteiger partial charge in [-0.2, -0.15) is 0 Å². The highest BCUT2D eigenvalue weighted by Gasteiger charge is 2.14. The van der Waals surface area contributed by atoms with Crippen LogP contribution in [0.3, 0.4) is 0 Å². The van der Waals surface area contributed by atoms with Crippen molar-refractivity contribution in [3.05, 3.63) is 65.5 Å². The van der Waals surface area contributed by atoms with E-state index in [0.29, 0.717) is 12.0 Å². The summed E-state index contributed by atoms with van der Waals surface area (Å²) in [5, 5.41) is 0. The first kappa shape index (κ1) is 13.6. The van der Waals surface area contributed by atoms with Gasteiger partial charge >= 0.3 is 0 Å². The third kappa shape index (κ3) is 3.32. The molecule has 3 heteroatoms. The van der Waals surface area contributed by atoms with Crippen LogP contribution in [0.4, 0.5) is 4.39 Å². The monoisotopic (exact) mass is 259 g/mol. The van der Waals surface area contributed by atoms with Gasteiger partial charge in [-0.1, -0.05) is 42.5 Å². The van der Waals surface area contributed by atoms with Crippen molar-refractivity contribution in [1.29, 1.82) is 0 Å². The first-order valence-electron chi connectivity index (χ1n) is 6.34. The van der Waals surface area contributed by atoms with Crippen molar-refractivity contribution in [2.24, 2.45) is 5.73 Å². The van der Waals surface area contributed by atoms with Gasteiger partial charge in [0.05, 0.1) is 7.11 Å². The minimum absolute atomic E-state index is 0.243. The Morgan fingerprint density at radius 3 is 2.53 bits per heavy atom. The number of rotatable bonds is 5. The van der Waals surface area contributed by atoms with E-state index in [1.165, 1.54) is 12.7 Å². The maximum absolute atomic E-state index is 14.0. The fourth-order valence-corrected chi connectivity index (χ4v) is 2.09. The average molecular weight is 259 g/mol. The van der Waals surface area contributed by atoms with Gasteiger partial charge in [0.15, 0.2) is 11.6 Å². The fraction of sp³-hybridized carbons (Fsp3) is 0.250. The predicted molar refractivity (Wildman–Crippen MR) is 74.6 cm³/mol.